The zero-order valence-electron chi connectivity index (χ0n) is 11.0. The fourth-order valence-corrected chi connectivity index (χ4v) is 1.74. The highest BCUT2D eigenvalue weighted by Gasteiger charge is 2.03. The minimum atomic E-state index is -0.269. The Morgan fingerprint density at radius 3 is 2.50 bits per heavy atom. The Labute approximate surface area is 116 Å². The van der Waals surface area contributed by atoms with E-state index in [0.29, 0.717) is 25.2 Å². The van der Waals surface area contributed by atoms with Crippen molar-refractivity contribution in [2.45, 2.75) is 19.4 Å². The van der Waals surface area contributed by atoms with E-state index in [1.54, 1.807) is 24.4 Å². The standard InChI is InChI=1S/C15H16FN3O/c16-13-5-1-11(2-6-13)4-8-15(20)19-10-12-3-7-14(17)18-9-12/h1-3,5-7,9H,4,8,10H2,(H2,17,18)(H,19,20). The molecule has 0 saturated heterocycles. The fraction of sp³-hybridized carbons (Fsp3) is 0.200. The normalized spacial score (nSPS) is 10.2. The molecule has 0 radical (unpaired) electrons. The Morgan fingerprint density at radius 1 is 1.15 bits per heavy atom. The van der Waals surface area contributed by atoms with E-state index in [1.807, 2.05) is 6.07 Å². The van der Waals surface area contributed by atoms with Gasteiger partial charge < -0.3 is 11.1 Å². The summed E-state index contributed by atoms with van der Waals surface area (Å²) in [5.41, 5.74) is 7.32. The highest BCUT2D eigenvalue weighted by molar-refractivity contribution is 5.76. The summed E-state index contributed by atoms with van der Waals surface area (Å²) < 4.78 is 12.7. The number of nitrogens with zero attached hydrogens (tertiary/aromatic N) is 1. The van der Waals surface area contributed by atoms with Crippen LogP contribution in [0.25, 0.3) is 0 Å². The van der Waals surface area contributed by atoms with Crippen LogP contribution in [-0.4, -0.2) is 10.9 Å². The summed E-state index contributed by atoms with van der Waals surface area (Å²) in [7, 11) is 0. The molecule has 0 spiro atoms. The second-order valence-corrected chi connectivity index (χ2v) is 4.49. The zero-order valence-corrected chi connectivity index (χ0v) is 11.0. The summed E-state index contributed by atoms with van der Waals surface area (Å²) in [6.07, 6.45) is 2.59. The van der Waals surface area contributed by atoms with Gasteiger partial charge in [0.15, 0.2) is 0 Å². The minimum absolute atomic E-state index is 0.0499. The average molecular weight is 273 g/mol. The maximum Gasteiger partial charge on any atom is 0.220 e. The Morgan fingerprint density at radius 2 is 1.85 bits per heavy atom. The second-order valence-electron chi connectivity index (χ2n) is 4.49. The molecule has 0 aliphatic carbocycles. The highest BCUT2D eigenvalue weighted by Crippen LogP contribution is 2.06. The average Bonchev–Trinajstić information content (AvgIpc) is 2.46. The van der Waals surface area contributed by atoms with Crippen LogP contribution in [0.5, 0.6) is 0 Å². The number of carbonyl (C=O) groups is 1. The summed E-state index contributed by atoms with van der Waals surface area (Å²) in [5.74, 6) is 0.136. The van der Waals surface area contributed by atoms with E-state index in [-0.39, 0.29) is 11.7 Å². The van der Waals surface area contributed by atoms with Gasteiger partial charge in [0.05, 0.1) is 0 Å². The molecular formula is C15H16FN3O. The zero-order chi connectivity index (χ0) is 14.4. The molecule has 1 aromatic carbocycles. The van der Waals surface area contributed by atoms with E-state index in [1.165, 1.54) is 12.1 Å². The lowest BCUT2D eigenvalue weighted by Crippen LogP contribution is -2.23. The van der Waals surface area contributed by atoms with Crippen molar-refractivity contribution in [2.75, 3.05) is 5.73 Å². The molecule has 0 atom stereocenters. The van der Waals surface area contributed by atoms with Crippen LogP contribution in [0, 0.1) is 5.82 Å². The van der Waals surface area contributed by atoms with E-state index in [2.05, 4.69) is 10.3 Å². The summed E-state index contributed by atoms with van der Waals surface area (Å²) in [5, 5.41) is 2.81. The number of rotatable bonds is 5. The molecule has 0 fully saturated rings. The van der Waals surface area contributed by atoms with Crippen LogP contribution in [0.3, 0.4) is 0 Å². The number of benzene rings is 1. The van der Waals surface area contributed by atoms with Crippen molar-refractivity contribution in [3.8, 4) is 0 Å². The van der Waals surface area contributed by atoms with E-state index in [0.717, 1.165) is 11.1 Å². The van der Waals surface area contributed by atoms with E-state index in [4.69, 9.17) is 5.73 Å². The number of nitrogens with one attached hydrogen (secondary N) is 1. The number of anilines is 1. The number of aryl methyl sites for hydroxylation is 1. The first-order valence-corrected chi connectivity index (χ1v) is 6.35. The van der Waals surface area contributed by atoms with Crippen molar-refractivity contribution >= 4 is 11.7 Å². The van der Waals surface area contributed by atoms with Crippen LogP contribution in [0.1, 0.15) is 17.5 Å². The van der Waals surface area contributed by atoms with Crippen LogP contribution in [0.15, 0.2) is 42.6 Å². The molecule has 3 N–H and O–H groups in total. The van der Waals surface area contributed by atoms with Crippen LogP contribution >= 0.6 is 0 Å². The lowest BCUT2D eigenvalue weighted by Gasteiger charge is -2.05. The van der Waals surface area contributed by atoms with Gasteiger partial charge in [-0.05, 0) is 35.7 Å². The number of halogens is 1. The molecule has 0 saturated carbocycles. The van der Waals surface area contributed by atoms with Crippen LogP contribution in [-0.2, 0) is 17.8 Å². The van der Waals surface area contributed by atoms with Crippen molar-refractivity contribution in [2.24, 2.45) is 0 Å². The Kier molecular flexibility index (Phi) is 4.65. The topological polar surface area (TPSA) is 68.0 Å². The van der Waals surface area contributed by atoms with Gasteiger partial charge in [-0.3, -0.25) is 4.79 Å². The van der Waals surface area contributed by atoms with Gasteiger partial charge in [-0.2, -0.15) is 0 Å². The molecule has 2 aromatic rings. The van der Waals surface area contributed by atoms with E-state index >= 15 is 0 Å². The molecule has 0 aliphatic heterocycles. The number of aromatic nitrogens is 1. The van der Waals surface area contributed by atoms with E-state index < -0.39 is 0 Å². The van der Waals surface area contributed by atoms with Gasteiger partial charge in [-0.15, -0.1) is 0 Å². The van der Waals surface area contributed by atoms with Gasteiger partial charge in [0, 0.05) is 19.2 Å². The summed E-state index contributed by atoms with van der Waals surface area (Å²) in [4.78, 5) is 15.6. The molecule has 1 aromatic heterocycles. The number of hydrogen-bond acceptors (Lipinski definition) is 3. The number of nitrogen functional groups attached to an aromatic ring is 1. The van der Waals surface area contributed by atoms with Gasteiger partial charge in [-0.25, -0.2) is 9.37 Å². The largest absolute Gasteiger partial charge is 0.384 e. The molecule has 0 unspecified atom stereocenters. The van der Waals surface area contributed by atoms with Crippen molar-refractivity contribution in [1.82, 2.24) is 10.3 Å². The van der Waals surface area contributed by atoms with Crippen molar-refractivity contribution in [3.05, 3.63) is 59.5 Å². The summed E-state index contributed by atoms with van der Waals surface area (Å²) >= 11 is 0. The van der Waals surface area contributed by atoms with Crippen molar-refractivity contribution < 1.29 is 9.18 Å². The third-order valence-electron chi connectivity index (χ3n) is 2.89. The van der Waals surface area contributed by atoms with Crippen molar-refractivity contribution in [3.63, 3.8) is 0 Å². The third-order valence-corrected chi connectivity index (χ3v) is 2.89. The van der Waals surface area contributed by atoms with Crippen LogP contribution in [0.4, 0.5) is 10.2 Å². The third kappa shape index (κ3) is 4.35. The molecule has 5 heteroatoms. The first kappa shape index (κ1) is 14.0. The van der Waals surface area contributed by atoms with Gasteiger partial charge >= 0.3 is 0 Å². The first-order chi connectivity index (χ1) is 9.63. The Hall–Kier alpha value is -2.43. The fourth-order valence-electron chi connectivity index (χ4n) is 1.74. The van der Waals surface area contributed by atoms with Gasteiger partial charge in [0.1, 0.15) is 11.6 Å². The van der Waals surface area contributed by atoms with Crippen molar-refractivity contribution in [1.29, 1.82) is 0 Å². The molecule has 1 amide bonds. The highest BCUT2D eigenvalue weighted by atomic mass is 19.1. The number of pyridine rings is 1. The molecule has 0 aliphatic rings. The molecule has 0 bridgehead atoms. The summed E-state index contributed by atoms with van der Waals surface area (Å²) in [6, 6.07) is 9.68. The smallest absolute Gasteiger partial charge is 0.220 e. The lowest BCUT2D eigenvalue weighted by molar-refractivity contribution is -0.121. The van der Waals surface area contributed by atoms with Crippen LogP contribution in [0.2, 0.25) is 0 Å². The Bertz CT molecular complexity index is 515. The van der Waals surface area contributed by atoms with Gasteiger partial charge in [0.2, 0.25) is 5.91 Å². The molecule has 1 heterocycles. The number of amides is 1. The maximum absolute atomic E-state index is 12.7. The van der Waals surface area contributed by atoms with E-state index in [9.17, 15) is 9.18 Å². The van der Waals surface area contributed by atoms with Gasteiger partial charge in [0.25, 0.3) is 0 Å². The SMILES string of the molecule is Nc1ccc(CNC(=O)CCc2ccc(F)cc2)cn1. The molecule has 4 nitrogen and oxygen atoms in total. The number of nitrogens with two attached hydrogens (primary N) is 1. The molecular weight excluding hydrogens is 257 g/mol. The second kappa shape index (κ2) is 6.65. The monoisotopic (exact) mass is 273 g/mol. The lowest BCUT2D eigenvalue weighted by atomic mass is 10.1. The minimum Gasteiger partial charge on any atom is -0.384 e. The predicted molar refractivity (Wildman–Crippen MR) is 75.2 cm³/mol. The molecule has 2 rings (SSSR count). The van der Waals surface area contributed by atoms with Crippen LogP contribution < -0.4 is 11.1 Å². The predicted octanol–water partition coefficient (Wildman–Crippen LogP) is 2.05. The molecule has 20 heavy (non-hydrogen) atoms. The molecule has 104 valence electrons. The number of carbonyl (C=O) groups excluding carboxylic acids is 1. The summed E-state index contributed by atoms with van der Waals surface area (Å²) in [6.45, 7) is 0.426. The quantitative estimate of drug-likeness (QED) is 0.876. The number of hydrogen-bond donors (Lipinski definition) is 2. The van der Waals surface area contributed by atoms with Gasteiger partial charge in [-0.1, -0.05) is 18.2 Å². The first-order valence-electron chi connectivity index (χ1n) is 6.35. The maximum atomic E-state index is 12.7. The Balaban J connectivity index is 1.75.